The maximum absolute atomic E-state index is 12.5. The van der Waals surface area contributed by atoms with Crippen molar-refractivity contribution in [3.63, 3.8) is 0 Å². The van der Waals surface area contributed by atoms with Crippen molar-refractivity contribution in [1.29, 1.82) is 0 Å². The summed E-state index contributed by atoms with van der Waals surface area (Å²) >= 11 is 3.33. The molecule has 0 unspecified atom stereocenters. The number of benzene rings is 2. The first-order chi connectivity index (χ1) is 15.0. The molecule has 31 heavy (non-hydrogen) atoms. The van der Waals surface area contributed by atoms with Crippen LogP contribution in [-0.2, 0) is 4.79 Å². The molecule has 1 aliphatic rings. The van der Waals surface area contributed by atoms with E-state index in [2.05, 4.69) is 32.1 Å². The van der Waals surface area contributed by atoms with E-state index in [1.807, 2.05) is 6.92 Å². The average Bonchev–Trinajstić information content (AvgIpc) is 2.79. The molecule has 3 amide bonds. The second kappa shape index (κ2) is 10.9. The molecule has 0 aromatic heterocycles. The number of anilines is 1. The summed E-state index contributed by atoms with van der Waals surface area (Å²) in [5.74, 6) is -0.439. The highest BCUT2D eigenvalue weighted by Crippen LogP contribution is 2.25. The fourth-order valence-corrected chi connectivity index (χ4v) is 3.89. The predicted octanol–water partition coefficient (Wildman–Crippen LogP) is 4.44. The van der Waals surface area contributed by atoms with Crippen molar-refractivity contribution in [2.45, 2.75) is 39.0 Å². The summed E-state index contributed by atoms with van der Waals surface area (Å²) in [5.41, 5.74) is 6.11. The molecule has 2 aromatic carbocycles. The molecule has 0 saturated heterocycles. The molecule has 0 atom stereocenters. The van der Waals surface area contributed by atoms with E-state index >= 15 is 0 Å². The number of hydrogen-bond acceptors (Lipinski definition) is 4. The van der Waals surface area contributed by atoms with Crippen LogP contribution in [0.25, 0.3) is 0 Å². The highest BCUT2D eigenvalue weighted by atomic mass is 79.9. The lowest BCUT2D eigenvalue weighted by molar-refractivity contribution is -0.120. The van der Waals surface area contributed by atoms with E-state index < -0.39 is 11.8 Å². The predicted molar refractivity (Wildman–Crippen MR) is 122 cm³/mol. The third-order valence-corrected chi connectivity index (χ3v) is 5.66. The first kappa shape index (κ1) is 22.8. The fraction of sp³-hybridized carbons (Fsp3) is 0.348. The third kappa shape index (κ3) is 6.30. The van der Waals surface area contributed by atoms with Crippen LogP contribution >= 0.6 is 15.9 Å². The first-order valence-electron chi connectivity index (χ1n) is 10.4. The zero-order valence-electron chi connectivity index (χ0n) is 17.4. The molecule has 0 bridgehead atoms. The standard InChI is InChI=1S/C23H26BrN3O4/c1-2-31-20-13-10-17(24)14-19(20)23(30)27-26-22(29)16-8-11-18(12-9-16)25-21(28)15-6-4-3-5-7-15/h8-15H,2-7H2,1H3,(H,25,28)(H,26,29)(H,27,30). The normalized spacial score (nSPS) is 13.9. The summed E-state index contributed by atoms with van der Waals surface area (Å²) in [7, 11) is 0. The Kier molecular flexibility index (Phi) is 8.06. The van der Waals surface area contributed by atoms with Gasteiger partial charge in [-0.1, -0.05) is 35.2 Å². The van der Waals surface area contributed by atoms with E-state index in [4.69, 9.17) is 4.74 Å². The van der Waals surface area contributed by atoms with Gasteiger partial charge in [-0.3, -0.25) is 25.2 Å². The molecule has 0 aliphatic heterocycles. The van der Waals surface area contributed by atoms with Crippen LogP contribution in [0.2, 0.25) is 0 Å². The van der Waals surface area contributed by atoms with Gasteiger partial charge in [0, 0.05) is 21.6 Å². The van der Waals surface area contributed by atoms with Crippen molar-refractivity contribution in [2.24, 2.45) is 5.92 Å². The highest BCUT2D eigenvalue weighted by molar-refractivity contribution is 9.10. The molecular formula is C23H26BrN3O4. The van der Waals surface area contributed by atoms with E-state index in [1.165, 1.54) is 6.42 Å². The van der Waals surface area contributed by atoms with Gasteiger partial charge in [0.15, 0.2) is 0 Å². The van der Waals surface area contributed by atoms with E-state index in [9.17, 15) is 14.4 Å². The van der Waals surface area contributed by atoms with Crippen LogP contribution in [0.1, 0.15) is 59.7 Å². The van der Waals surface area contributed by atoms with Gasteiger partial charge in [-0.15, -0.1) is 0 Å². The van der Waals surface area contributed by atoms with E-state index in [0.717, 1.165) is 30.2 Å². The smallest absolute Gasteiger partial charge is 0.273 e. The van der Waals surface area contributed by atoms with Gasteiger partial charge in [0.25, 0.3) is 11.8 Å². The van der Waals surface area contributed by atoms with Crippen molar-refractivity contribution in [1.82, 2.24) is 10.9 Å². The largest absolute Gasteiger partial charge is 0.493 e. The summed E-state index contributed by atoms with van der Waals surface area (Å²) in [6.07, 6.45) is 5.23. The lowest BCUT2D eigenvalue weighted by Gasteiger charge is -2.20. The van der Waals surface area contributed by atoms with Crippen molar-refractivity contribution in [3.8, 4) is 5.75 Å². The number of hydrogen-bond donors (Lipinski definition) is 3. The average molecular weight is 488 g/mol. The Labute approximate surface area is 190 Å². The lowest BCUT2D eigenvalue weighted by Crippen LogP contribution is -2.41. The van der Waals surface area contributed by atoms with Crippen LogP contribution in [0.4, 0.5) is 5.69 Å². The molecule has 0 heterocycles. The summed E-state index contributed by atoms with van der Waals surface area (Å²) < 4.78 is 6.18. The molecule has 3 rings (SSSR count). The first-order valence-corrected chi connectivity index (χ1v) is 11.2. The number of amides is 3. The Hall–Kier alpha value is -2.87. The Morgan fingerprint density at radius 2 is 1.65 bits per heavy atom. The van der Waals surface area contributed by atoms with Crippen LogP contribution < -0.4 is 20.9 Å². The molecule has 2 aromatic rings. The maximum atomic E-state index is 12.5. The molecule has 164 valence electrons. The second-order valence-corrected chi connectivity index (χ2v) is 8.30. The number of hydrazine groups is 1. The number of rotatable bonds is 6. The van der Waals surface area contributed by atoms with Gasteiger partial charge >= 0.3 is 0 Å². The van der Waals surface area contributed by atoms with Crippen molar-refractivity contribution < 1.29 is 19.1 Å². The summed E-state index contributed by atoms with van der Waals surface area (Å²) in [5, 5.41) is 2.91. The highest BCUT2D eigenvalue weighted by Gasteiger charge is 2.21. The monoisotopic (exact) mass is 487 g/mol. The van der Waals surface area contributed by atoms with E-state index in [0.29, 0.717) is 29.2 Å². The number of carbonyl (C=O) groups is 3. The molecular weight excluding hydrogens is 462 g/mol. The number of ether oxygens (including phenoxy) is 1. The van der Waals surface area contributed by atoms with E-state index in [1.54, 1.807) is 42.5 Å². The van der Waals surface area contributed by atoms with Gasteiger partial charge in [0.2, 0.25) is 5.91 Å². The third-order valence-electron chi connectivity index (χ3n) is 5.17. The summed E-state index contributed by atoms with van der Waals surface area (Å²) in [6, 6.07) is 11.6. The zero-order valence-corrected chi connectivity index (χ0v) is 19.0. The quantitative estimate of drug-likeness (QED) is 0.524. The molecule has 7 nitrogen and oxygen atoms in total. The summed E-state index contributed by atoms with van der Waals surface area (Å²) in [6.45, 7) is 2.24. The van der Waals surface area contributed by atoms with Gasteiger partial charge in [-0.25, -0.2) is 0 Å². The molecule has 0 spiro atoms. The van der Waals surface area contributed by atoms with Gasteiger partial charge in [0.05, 0.1) is 12.2 Å². The number of halogens is 1. The van der Waals surface area contributed by atoms with Crippen molar-refractivity contribution >= 4 is 39.3 Å². The summed E-state index contributed by atoms with van der Waals surface area (Å²) in [4.78, 5) is 37.2. The topological polar surface area (TPSA) is 96.5 Å². The Morgan fingerprint density at radius 1 is 0.968 bits per heavy atom. The van der Waals surface area contributed by atoms with Gasteiger partial charge in [0.1, 0.15) is 5.75 Å². The Balaban J connectivity index is 1.55. The molecule has 1 aliphatic carbocycles. The number of nitrogens with one attached hydrogen (secondary N) is 3. The van der Waals surface area contributed by atoms with Crippen LogP contribution in [0, 0.1) is 5.92 Å². The maximum Gasteiger partial charge on any atom is 0.273 e. The van der Waals surface area contributed by atoms with Crippen LogP contribution in [0.5, 0.6) is 5.75 Å². The second-order valence-electron chi connectivity index (χ2n) is 7.38. The van der Waals surface area contributed by atoms with Crippen LogP contribution in [0.15, 0.2) is 46.9 Å². The van der Waals surface area contributed by atoms with E-state index in [-0.39, 0.29) is 11.8 Å². The van der Waals surface area contributed by atoms with Crippen LogP contribution in [0.3, 0.4) is 0 Å². The fourth-order valence-electron chi connectivity index (χ4n) is 3.53. The minimum atomic E-state index is -0.491. The Bertz CT molecular complexity index is 940. The molecule has 3 N–H and O–H groups in total. The minimum Gasteiger partial charge on any atom is -0.493 e. The van der Waals surface area contributed by atoms with Crippen LogP contribution in [-0.4, -0.2) is 24.3 Å². The molecule has 1 saturated carbocycles. The SMILES string of the molecule is CCOc1ccc(Br)cc1C(=O)NNC(=O)c1ccc(NC(=O)C2CCCCC2)cc1. The lowest BCUT2D eigenvalue weighted by atomic mass is 9.88. The van der Waals surface area contributed by atoms with Gasteiger partial charge in [-0.05, 0) is 62.2 Å². The molecule has 1 fully saturated rings. The van der Waals surface area contributed by atoms with Gasteiger partial charge < -0.3 is 10.1 Å². The van der Waals surface area contributed by atoms with Crippen molar-refractivity contribution in [2.75, 3.05) is 11.9 Å². The number of carbonyl (C=O) groups excluding carboxylic acids is 3. The minimum absolute atomic E-state index is 0.0308. The zero-order chi connectivity index (χ0) is 22.2. The molecule has 0 radical (unpaired) electrons. The van der Waals surface area contributed by atoms with Crippen molar-refractivity contribution in [3.05, 3.63) is 58.1 Å². The van der Waals surface area contributed by atoms with Gasteiger partial charge in [-0.2, -0.15) is 0 Å². The Morgan fingerprint density at radius 3 is 2.32 bits per heavy atom. The molecule has 8 heteroatoms.